The molecule has 1 heterocycles. The van der Waals surface area contributed by atoms with E-state index in [-0.39, 0.29) is 6.04 Å². The van der Waals surface area contributed by atoms with Gasteiger partial charge in [0.15, 0.2) is 9.84 Å². The van der Waals surface area contributed by atoms with Crippen LogP contribution in [-0.4, -0.2) is 30.8 Å². The molecule has 1 aromatic carbocycles. The minimum atomic E-state index is -3.17. The van der Waals surface area contributed by atoms with Gasteiger partial charge in [-0.2, -0.15) is 0 Å². The zero-order valence-corrected chi connectivity index (χ0v) is 13.4. The van der Waals surface area contributed by atoms with Gasteiger partial charge in [0.2, 0.25) is 0 Å². The van der Waals surface area contributed by atoms with Gasteiger partial charge in [-0.3, -0.25) is 0 Å². The minimum Gasteiger partial charge on any atom is -0.334 e. The molecule has 2 aromatic rings. The van der Waals surface area contributed by atoms with Gasteiger partial charge >= 0.3 is 0 Å². The fourth-order valence-corrected chi connectivity index (χ4v) is 2.95. The number of sulfone groups is 1. The zero-order valence-electron chi connectivity index (χ0n) is 12.6. The van der Waals surface area contributed by atoms with Crippen LogP contribution in [0, 0.1) is 0 Å². The Morgan fingerprint density at radius 3 is 2.43 bits per heavy atom. The van der Waals surface area contributed by atoms with Crippen molar-refractivity contribution in [3.8, 4) is 0 Å². The number of nitrogens with zero attached hydrogens (tertiary/aromatic N) is 2. The molecule has 0 fully saturated rings. The average Bonchev–Trinajstić information content (AvgIpc) is 2.92. The van der Waals surface area contributed by atoms with Crippen LogP contribution >= 0.6 is 0 Å². The summed E-state index contributed by atoms with van der Waals surface area (Å²) in [5, 5.41) is 3.40. The lowest BCUT2D eigenvalue weighted by Crippen LogP contribution is -2.25. The van der Waals surface area contributed by atoms with Crippen LogP contribution in [0.25, 0.3) is 0 Å². The Balaban J connectivity index is 2.39. The van der Waals surface area contributed by atoms with E-state index in [9.17, 15) is 8.42 Å². The summed E-state index contributed by atoms with van der Waals surface area (Å²) in [6.45, 7) is 5.76. The van der Waals surface area contributed by atoms with Crippen LogP contribution in [-0.2, 0) is 16.4 Å². The Morgan fingerprint density at radius 2 is 1.90 bits per heavy atom. The van der Waals surface area contributed by atoms with E-state index in [1.54, 1.807) is 18.3 Å². The van der Waals surface area contributed by atoms with Gasteiger partial charge in [0.25, 0.3) is 0 Å². The average molecular weight is 307 g/mol. The first-order valence-corrected chi connectivity index (χ1v) is 8.91. The topological polar surface area (TPSA) is 64.0 Å². The first kappa shape index (κ1) is 15.7. The Morgan fingerprint density at radius 1 is 1.24 bits per heavy atom. The third-order valence-electron chi connectivity index (χ3n) is 3.40. The second kappa shape index (κ2) is 6.41. The van der Waals surface area contributed by atoms with Gasteiger partial charge in [0.1, 0.15) is 5.82 Å². The zero-order chi connectivity index (χ0) is 15.5. The lowest BCUT2D eigenvalue weighted by atomic mass is 10.1. The number of hydrogen-bond donors (Lipinski definition) is 1. The maximum atomic E-state index is 11.5. The maximum absolute atomic E-state index is 11.5. The Kier molecular flexibility index (Phi) is 4.80. The van der Waals surface area contributed by atoms with Gasteiger partial charge in [0.05, 0.1) is 10.9 Å². The molecule has 0 aliphatic carbocycles. The van der Waals surface area contributed by atoms with E-state index in [0.29, 0.717) is 4.90 Å². The summed E-state index contributed by atoms with van der Waals surface area (Å²) in [4.78, 5) is 4.77. The standard InChI is InChI=1S/C15H21N3O2S/c1-4-16-14(15-17-10-11-18(15)5-2)12-6-8-13(9-7-12)21(3,19)20/h6-11,14,16H,4-5H2,1-3H3. The highest BCUT2D eigenvalue weighted by Gasteiger charge is 2.18. The molecule has 1 N–H and O–H groups in total. The van der Waals surface area contributed by atoms with E-state index in [1.165, 1.54) is 6.26 Å². The van der Waals surface area contributed by atoms with Crippen LogP contribution in [0.4, 0.5) is 0 Å². The fourth-order valence-electron chi connectivity index (χ4n) is 2.32. The van der Waals surface area contributed by atoms with Crippen molar-refractivity contribution < 1.29 is 8.42 Å². The smallest absolute Gasteiger partial charge is 0.175 e. The molecule has 0 spiro atoms. The largest absolute Gasteiger partial charge is 0.334 e. The number of rotatable bonds is 6. The summed E-state index contributed by atoms with van der Waals surface area (Å²) < 4.78 is 25.2. The normalized spacial score (nSPS) is 13.3. The van der Waals surface area contributed by atoms with Crippen LogP contribution < -0.4 is 5.32 Å². The van der Waals surface area contributed by atoms with Crippen LogP contribution in [0.1, 0.15) is 31.3 Å². The van der Waals surface area contributed by atoms with Crippen molar-refractivity contribution in [3.05, 3.63) is 48.0 Å². The van der Waals surface area contributed by atoms with E-state index >= 15 is 0 Å². The number of imidazole rings is 1. The van der Waals surface area contributed by atoms with Crippen LogP contribution in [0.2, 0.25) is 0 Å². The predicted molar refractivity (Wildman–Crippen MR) is 83.0 cm³/mol. The third kappa shape index (κ3) is 3.51. The molecular weight excluding hydrogens is 286 g/mol. The van der Waals surface area contributed by atoms with Gasteiger partial charge < -0.3 is 9.88 Å². The lowest BCUT2D eigenvalue weighted by Gasteiger charge is -2.19. The molecular formula is C15H21N3O2S. The van der Waals surface area contributed by atoms with E-state index in [2.05, 4.69) is 21.8 Å². The molecule has 0 radical (unpaired) electrons. The molecule has 114 valence electrons. The molecule has 0 saturated heterocycles. The number of benzene rings is 1. The van der Waals surface area contributed by atoms with Crippen molar-refractivity contribution in [1.29, 1.82) is 0 Å². The van der Waals surface area contributed by atoms with Crippen molar-refractivity contribution in [1.82, 2.24) is 14.9 Å². The molecule has 1 atom stereocenters. The molecule has 0 aliphatic heterocycles. The second-order valence-electron chi connectivity index (χ2n) is 4.90. The number of aromatic nitrogens is 2. The molecule has 0 aliphatic rings. The first-order chi connectivity index (χ1) is 9.97. The first-order valence-electron chi connectivity index (χ1n) is 7.01. The van der Waals surface area contributed by atoms with Gasteiger partial charge in [0, 0.05) is 25.2 Å². The Bertz CT molecular complexity index is 690. The summed E-state index contributed by atoms with van der Waals surface area (Å²) in [7, 11) is -3.17. The molecule has 0 bridgehead atoms. The van der Waals surface area contributed by atoms with Crippen molar-refractivity contribution >= 4 is 9.84 Å². The second-order valence-corrected chi connectivity index (χ2v) is 6.92. The van der Waals surface area contributed by atoms with Crippen molar-refractivity contribution in [2.45, 2.75) is 31.3 Å². The van der Waals surface area contributed by atoms with E-state index in [4.69, 9.17) is 0 Å². The fraction of sp³-hybridized carbons (Fsp3) is 0.400. The van der Waals surface area contributed by atoms with Gasteiger partial charge in [-0.15, -0.1) is 0 Å². The van der Waals surface area contributed by atoms with Crippen LogP contribution in [0.3, 0.4) is 0 Å². The highest BCUT2D eigenvalue weighted by atomic mass is 32.2. The van der Waals surface area contributed by atoms with Crippen LogP contribution in [0.5, 0.6) is 0 Å². The molecule has 0 amide bonds. The number of aryl methyl sites for hydroxylation is 1. The summed E-state index contributed by atoms with van der Waals surface area (Å²) in [5.74, 6) is 0.937. The lowest BCUT2D eigenvalue weighted by molar-refractivity contribution is 0.558. The predicted octanol–water partition coefficient (Wildman–Crippen LogP) is 2.01. The Hall–Kier alpha value is -1.66. The van der Waals surface area contributed by atoms with E-state index in [1.807, 2.05) is 25.3 Å². The maximum Gasteiger partial charge on any atom is 0.175 e. The molecule has 2 rings (SSSR count). The number of nitrogens with one attached hydrogen (secondary N) is 1. The molecule has 0 saturated carbocycles. The van der Waals surface area contributed by atoms with E-state index < -0.39 is 9.84 Å². The van der Waals surface area contributed by atoms with Crippen molar-refractivity contribution in [2.24, 2.45) is 0 Å². The van der Waals surface area contributed by atoms with Gasteiger partial charge in [-0.25, -0.2) is 13.4 Å². The number of hydrogen-bond acceptors (Lipinski definition) is 4. The third-order valence-corrected chi connectivity index (χ3v) is 4.52. The highest BCUT2D eigenvalue weighted by molar-refractivity contribution is 7.90. The monoisotopic (exact) mass is 307 g/mol. The summed E-state index contributed by atoms with van der Waals surface area (Å²) in [5.41, 5.74) is 1.00. The minimum absolute atomic E-state index is 0.0430. The van der Waals surface area contributed by atoms with Gasteiger partial charge in [-0.05, 0) is 31.2 Å². The van der Waals surface area contributed by atoms with Gasteiger partial charge in [-0.1, -0.05) is 19.1 Å². The molecule has 6 heteroatoms. The molecule has 5 nitrogen and oxygen atoms in total. The summed E-state index contributed by atoms with van der Waals surface area (Å²) in [6, 6.07) is 6.94. The highest BCUT2D eigenvalue weighted by Crippen LogP contribution is 2.22. The molecule has 21 heavy (non-hydrogen) atoms. The summed E-state index contributed by atoms with van der Waals surface area (Å²) >= 11 is 0. The Labute approximate surface area is 125 Å². The SMILES string of the molecule is CCNC(c1ccc(S(C)(=O)=O)cc1)c1nccn1CC. The summed E-state index contributed by atoms with van der Waals surface area (Å²) in [6.07, 6.45) is 4.95. The van der Waals surface area contributed by atoms with Crippen molar-refractivity contribution in [2.75, 3.05) is 12.8 Å². The quantitative estimate of drug-likeness (QED) is 0.886. The molecule has 1 unspecified atom stereocenters. The van der Waals surface area contributed by atoms with E-state index in [0.717, 1.165) is 24.5 Å². The van der Waals surface area contributed by atoms with Crippen molar-refractivity contribution in [3.63, 3.8) is 0 Å². The van der Waals surface area contributed by atoms with Crippen LogP contribution in [0.15, 0.2) is 41.6 Å². The molecule has 1 aromatic heterocycles.